The number of unbranched alkanes of at least 4 members (excludes halogenated alkanes) is 2. The fourth-order valence-electron chi connectivity index (χ4n) is 5.94. The molecule has 334 valence electrons. The molecule has 0 unspecified atom stereocenters. The maximum atomic E-state index is 14.3. The predicted octanol–water partition coefficient (Wildman–Crippen LogP) is -2.20. The number of thioether (sulfide) groups is 1. The average Bonchev–Trinajstić information content (AvgIpc) is 3.73. The standard InChI is InChI=1S/C38H63N13O8S/c1-60-18-14-29(37(58)59)49-33(54)28(9-3-5-16-40)48-36(57)31(20-24-21-44-22-46-24)51-35(56)30(19-23-10-12-25(52)13-11-23)50-34(55)27(8-2-4-15-39)47-32(53)26(41)7-6-17-45-38(42)43/h10-13,21-22,26-31,52H,2-9,14-20,39-41H2,1H3,(H,44,46)(H,47,53)(H,48,57)(H,49,54)(H,50,55)(H,51,56)(H,58,59)(H4,42,43,45)/t26-,27-,28-,29-,30-,31-/m0/s1. The van der Waals surface area contributed by atoms with Crippen molar-refractivity contribution in [3.05, 3.63) is 48.0 Å². The number of aliphatic carboxylic acids is 1. The van der Waals surface area contributed by atoms with Crippen molar-refractivity contribution in [2.24, 2.45) is 33.7 Å². The van der Waals surface area contributed by atoms with Gasteiger partial charge in [-0.15, -0.1) is 0 Å². The van der Waals surface area contributed by atoms with E-state index >= 15 is 0 Å². The lowest BCUT2D eigenvalue weighted by Gasteiger charge is -2.27. The summed E-state index contributed by atoms with van der Waals surface area (Å²) in [6, 6.07) is -1.18. The number of carbonyl (C=O) groups is 6. The first-order chi connectivity index (χ1) is 28.7. The van der Waals surface area contributed by atoms with Crippen molar-refractivity contribution in [3.63, 3.8) is 0 Å². The van der Waals surface area contributed by atoms with Crippen LogP contribution in [-0.2, 0) is 41.6 Å². The van der Waals surface area contributed by atoms with Gasteiger partial charge >= 0.3 is 5.97 Å². The van der Waals surface area contributed by atoms with Crippen LogP contribution in [0.15, 0.2) is 41.8 Å². The number of phenols is 1. The van der Waals surface area contributed by atoms with E-state index in [1.165, 1.54) is 36.4 Å². The molecule has 6 atom stereocenters. The zero-order valence-electron chi connectivity index (χ0n) is 34.1. The van der Waals surface area contributed by atoms with Crippen molar-refractivity contribution >= 4 is 53.2 Å². The van der Waals surface area contributed by atoms with E-state index in [0.717, 1.165) is 0 Å². The maximum Gasteiger partial charge on any atom is 0.326 e. The van der Waals surface area contributed by atoms with Gasteiger partial charge in [0.2, 0.25) is 29.5 Å². The molecule has 22 heteroatoms. The number of aromatic amines is 1. The molecule has 2 rings (SSSR count). The Hall–Kier alpha value is -5.45. The highest BCUT2D eigenvalue weighted by atomic mass is 32.2. The molecule has 0 aliphatic rings. The number of nitrogens with zero attached hydrogens (tertiary/aromatic N) is 2. The summed E-state index contributed by atoms with van der Waals surface area (Å²) in [5.74, 6) is -4.45. The van der Waals surface area contributed by atoms with Gasteiger partial charge in [-0.3, -0.25) is 29.0 Å². The Morgan fingerprint density at radius 1 is 0.717 bits per heavy atom. The fourth-order valence-corrected chi connectivity index (χ4v) is 6.41. The smallest absolute Gasteiger partial charge is 0.326 e. The van der Waals surface area contributed by atoms with Crippen molar-refractivity contribution in [3.8, 4) is 5.75 Å². The summed E-state index contributed by atoms with van der Waals surface area (Å²) < 4.78 is 0. The number of rotatable bonds is 30. The van der Waals surface area contributed by atoms with Gasteiger partial charge in [0.05, 0.1) is 12.4 Å². The van der Waals surface area contributed by atoms with Crippen LogP contribution in [0, 0.1) is 0 Å². The first-order valence-electron chi connectivity index (χ1n) is 19.9. The summed E-state index contributed by atoms with van der Waals surface area (Å²) in [7, 11) is 0. The minimum Gasteiger partial charge on any atom is -0.508 e. The second kappa shape index (κ2) is 28.1. The molecule has 0 aliphatic heterocycles. The number of nitrogens with one attached hydrogen (secondary N) is 6. The van der Waals surface area contributed by atoms with Crippen molar-refractivity contribution in [1.82, 2.24) is 36.6 Å². The van der Waals surface area contributed by atoms with Crippen molar-refractivity contribution in [2.45, 2.75) is 107 Å². The van der Waals surface area contributed by atoms with Crippen LogP contribution >= 0.6 is 11.8 Å². The summed E-state index contributed by atoms with van der Waals surface area (Å²) in [4.78, 5) is 91.6. The average molecular weight is 862 g/mol. The molecule has 1 aromatic carbocycles. The number of carboxylic acid groups (broad SMARTS) is 1. The number of aromatic hydroxyl groups is 1. The van der Waals surface area contributed by atoms with Gasteiger partial charge in [0.25, 0.3) is 0 Å². The number of carboxylic acids is 1. The van der Waals surface area contributed by atoms with Crippen LogP contribution < -0.4 is 55.3 Å². The van der Waals surface area contributed by atoms with E-state index in [9.17, 15) is 39.0 Å². The predicted molar refractivity (Wildman–Crippen MR) is 228 cm³/mol. The zero-order valence-corrected chi connectivity index (χ0v) is 34.9. The van der Waals surface area contributed by atoms with Gasteiger partial charge in [-0.2, -0.15) is 11.8 Å². The van der Waals surface area contributed by atoms with Crippen molar-refractivity contribution < 1.29 is 39.0 Å². The van der Waals surface area contributed by atoms with E-state index in [4.69, 9.17) is 28.7 Å². The first-order valence-corrected chi connectivity index (χ1v) is 21.3. The minimum absolute atomic E-state index is 0.0265. The molecule has 60 heavy (non-hydrogen) atoms. The van der Waals surface area contributed by atoms with Gasteiger partial charge in [0.15, 0.2) is 5.96 Å². The Morgan fingerprint density at radius 2 is 1.23 bits per heavy atom. The topological polar surface area (TPSA) is 374 Å². The van der Waals surface area contributed by atoms with Gasteiger partial charge < -0.3 is 70.4 Å². The van der Waals surface area contributed by atoms with Crippen LogP contribution in [0.4, 0.5) is 0 Å². The number of phenolic OH excluding ortho intramolecular Hbond substituents is 1. The fraction of sp³-hybridized carbons (Fsp3) is 0.579. The third-order valence-electron chi connectivity index (χ3n) is 9.31. The molecule has 21 nitrogen and oxygen atoms in total. The number of guanidine groups is 1. The van der Waals surface area contributed by atoms with Crippen molar-refractivity contribution in [2.75, 3.05) is 31.6 Å². The molecule has 0 saturated heterocycles. The zero-order chi connectivity index (χ0) is 44.5. The molecule has 5 amide bonds. The Kier molecular flexibility index (Phi) is 23.7. The third kappa shape index (κ3) is 19.5. The van der Waals surface area contributed by atoms with Crippen LogP contribution in [0.1, 0.15) is 69.0 Å². The molecular weight excluding hydrogens is 799 g/mol. The molecular formula is C38H63N13O8S. The van der Waals surface area contributed by atoms with Crippen molar-refractivity contribution in [1.29, 1.82) is 0 Å². The van der Waals surface area contributed by atoms with E-state index in [-0.39, 0.29) is 56.8 Å². The summed E-state index contributed by atoms with van der Waals surface area (Å²) in [5.41, 5.74) is 29.2. The maximum absolute atomic E-state index is 14.3. The molecule has 1 heterocycles. The Balaban J connectivity index is 2.42. The number of amides is 5. The van der Waals surface area contributed by atoms with E-state index < -0.39 is 71.8 Å². The Bertz CT molecular complexity index is 1660. The van der Waals surface area contributed by atoms with E-state index in [1.54, 1.807) is 12.1 Å². The lowest BCUT2D eigenvalue weighted by Crippen LogP contribution is -2.60. The van der Waals surface area contributed by atoms with Crippen LogP contribution in [0.25, 0.3) is 0 Å². The quantitative estimate of drug-likeness (QED) is 0.0225. The van der Waals surface area contributed by atoms with E-state index in [2.05, 4.69) is 41.5 Å². The Morgan fingerprint density at radius 3 is 1.73 bits per heavy atom. The van der Waals surface area contributed by atoms with Gasteiger partial charge in [-0.1, -0.05) is 12.1 Å². The molecule has 1 aromatic heterocycles. The van der Waals surface area contributed by atoms with Gasteiger partial charge in [-0.05, 0) is 101 Å². The van der Waals surface area contributed by atoms with E-state index in [1.807, 2.05) is 6.26 Å². The highest BCUT2D eigenvalue weighted by Crippen LogP contribution is 2.13. The molecule has 0 fully saturated rings. The van der Waals surface area contributed by atoms with Crippen LogP contribution in [0.3, 0.4) is 0 Å². The summed E-state index contributed by atoms with van der Waals surface area (Å²) >= 11 is 1.42. The summed E-state index contributed by atoms with van der Waals surface area (Å²) in [6.45, 7) is 0.917. The number of imidazole rings is 1. The number of hydrogen-bond acceptors (Lipinski definition) is 13. The number of hydrogen-bond donors (Lipinski definition) is 13. The number of benzene rings is 1. The lowest BCUT2D eigenvalue weighted by atomic mass is 10.0. The molecule has 2 aromatic rings. The number of aliphatic imine (C=N–C) groups is 1. The Labute approximate surface area is 354 Å². The molecule has 0 bridgehead atoms. The SMILES string of the molecule is CSCC[C@H](NC(=O)[C@H](CCCCN)NC(=O)[C@H](Cc1cnc[nH]1)NC(=O)[C@H](Cc1ccc(O)cc1)NC(=O)[C@H](CCCCN)NC(=O)[C@@H](N)CCCN=C(N)N)C(=O)O. The van der Waals surface area contributed by atoms with Crippen LogP contribution in [0.2, 0.25) is 0 Å². The minimum atomic E-state index is -1.33. The molecule has 0 spiro atoms. The number of nitrogens with two attached hydrogens (primary N) is 5. The summed E-state index contributed by atoms with van der Waals surface area (Å²) in [6.07, 6.45) is 7.49. The lowest BCUT2D eigenvalue weighted by molar-refractivity contribution is -0.142. The van der Waals surface area contributed by atoms with Gasteiger partial charge in [0.1, 0.15) is 36.0 Å². The molecule has 0 radical (unpaired) electrons. The van der Waals surface area contributed by atoms with Crippen LogP contribution in [0.5, 0.6) is 5.75 Å². The second-order valence-electron chi connectivity index (χ2n) is 14.2. The van der Waals surface area contributed by atoms with Crippen LogP contribution in [-0.4, -0.2) is 130 Å². The number of aromatic nitrogens is 2. The second-order valence-corrected chi connectivity index (χ2v) is 15.2. The normalized spacial score (nSPS) is 14.0. The highest BCUT2D eigenvalue weighted by molar-refractivity contribution is 7.98. The molecule has 0 saturated carbocycles. The van der Waals surface area contributed by atoms with Gasteiger partial charge in [-0.25, -0.2) is 9.78 Å². The molecule has 0 aliphatic carbocycles. The summed E-state index contributed by atoms with van der Waals surface area (Å²) in [5, 5.41) is 33.0. The first kappa shape index (κ1) is 50.7. The van der Waals surface area contributed by atoms with Gasteiger partial charge in [0, 0.05) is 31.3 Å². The monoisotopic (exact) mass is 861 g/mol. The number of H-pyrrole nitrogens is 1. The highest BCUT2D eigenvalue weighted by Gasteiger charge is 2.33. The largest absolute Gasteiger partial charge is 0.508 e. The number of carbonyl (C=O) groups excluding carboxylic acids is 5. The molecule has 18 N–H and O–H groups in total. The van der Waals surface area contributed by atoms with E-state index in [0.29, 0.717) is 62.2 Å². The third-order valence-corrected chi connectivity index (χ3v) is 9.95.